The molecule has 0 N–H and O–H groups in total. The third kappa shape index (κ3) is 4.49. The molecule has 0 radical (unpaired) electrons. The van der Waals surface area contributed by atoms with Gasteiger partial charge in [-0.15, -0.1) is 7.92 Å². The second-order valence-electron chi connectivity index (χ2n) is 8.07. The molecule has 2 heteroatoms. The second kappa shape index (κ2) is 9.67. The molecule has 3 rings (SSSR count). The molecule has 0 amide bonds. The molecule has 1 aliphatic carbocycles. The fourth-order valence-electron chi connectivity index (χ4n) is 5.11. The lowest BCUT2D eigenvalue weighted by Gasteiger charge is -2.37. The molecule has 146 valence electrons. The van der Waals surface area contributed by atoms with Crippen LogP contribution in [0.1, 0.15) is 51.2 Å². The largest absolute Gasteiger partial charge is 0.104 e. The van der Waals surface area contributed by atoms with E-state index < -0.39 is 0 Å². The van der Waals surface area contributed by atoms with E-state index in [0.29, 0.717) is 0 Å². The monoisotopic (exact) mass is 398 g/mol. The molecule has 27 heavy (non-hydrogen) atoms. The summed E-state index contributed by atoms with van der Waals surface area (Å²) in [6.45, 7) is 12.1. The van der Waals surface area contributed by atoms with E-state index in [-0.39, 0.29) is 15.8 Å². The summed E-state index contributed by atoms with van der Waals surface area (Å²) in [5.41, 5.74) is 4.70. The smallest absolute Gasteiger partial charge is 0.0123 e. The number of aryl methyl sites for hydroxylation is 2. The summed E-state index contributed by atoms with van der Waals surface area (Å²) in [5.74, 6) is 0.904. The van der Waals surface area contributed by atoms with Crippen LogP contribution in [0.3, 0.4) is 0 Å². The molecule has 0 aliphatic heterocycles. The SMILES string of the molecule is CCP(CC)C1CCCC1[C@@H](C)P(c1ccccc1C)c1ccccc1C. The van der Waals surface area contributed by atoms with Crippen molar-refractivity contribution >= 4 is 26.5 Å². The maximum absolute atomic E-state index is 2.59. The highest BCUT2D eigenvalue weighted by atomic mass is 31.1. The highest BCUT2D eigenvalue weighted by Gasteiger charge is 2.39. The summed E-state index contributed by atoms with van der Waals surface area (Å²) < 4.78 is 0. The van der Waals surface area contributed by atoms with Crippen LogP contribution in [-0.2, 0) is 0 Å². The van der Waals surface area contributed by atoms with Crippen molar-refractivity contribution in [1.82, 2.24) is 0 Å². The minimum Gasteiger partial charge on any atom is -0.104 e. The molecular formula is C25H36P2. The zero-order valence-corrected chi connectivity index (χ0v) is 19.6. The van der Waals surface area contributed by atoms with Crippen LogP contribution in [-0.4, -0.2) is 23.6 Å². The Labute approximate surface area is 169 Å². The first-order valence-electron chi connectivity index (χ1n) is 10.7. The van der Waals surface area contributed by atoms with E-state index >= 15 is 0 Å². The van der Waals surface area contributed by atoms with E-state index in [1.807, 2.05) is 0 Å². The maximum atomic E-state index is 2.59. The Morgan fingerprint density at radius 3 is 1.85 bits per heavy atom. The fraction of sp³-hybridized carbons (Fsp3) is 0.520. The van der Waals surface area contributed by atoms with E-state index in [2.05, 4.69) is 83.1 Å². The van der Waals surface area contributed by atoms with Crippen LogP contribution in [0, 0.1) is 19.8 Å². The normalized spacial score (nSPS) is 21.1. The third-order valence-electron chi connectivity index (χ3n) is 6.59. The molecule has 2 aromatic carbocycles. The molecule has 0 spiro atoms. The Hall–Kier alpha value is -0.700. The van der Waals surface area contributed by atoms with Crippen molar-refractivity contribution in [2.24, 2.45) is 5.92 Å². The first-order valence-corrected chi connectivity index (χ1v) is 13.9. The first-order chi connectivity index (χ1) is 13.1. The molecule has 0 nitrogen and oxygen atoms in total. The van der Waals surface area contributed by atoms with Gasteiger partial charge in [0.2, 0.25) is 0 Å². The van der Waals surface area contributed by atoms with Crippen LogP contribution in [0.2, 0.25) is 0 Å². The Morgan fingerprint density at radius 2 is 1.37 bits per heavy atom. The van der Waals surface area contributed by atoms with Crippen molar-refractivity contribution in [3.05, 3.63) is 59.7 Å². The topological polar surface area (TPSA) is 0 Å². The number of hydrogen-bond acceptors (Lipinski definition) is 0. The number of rotatable bonds is 7. The van der Waals surface area contributed by atoms with Gasteiger partial charge in [-0.2, -0.15) is 0 Å². The molecule has 0 bridgehead atoms. The fourth-order valence-corrected chi connectivity index (χ4v) is 11.4. The molecule has 2 aromatic rings. The summed E-state index contributed by atoms with van der Waals surface area (Å²) in [7, 11) is -0.112. The lowest BCUT2D eigenvalue weighted by atomic mass is 10.0. The predicted octanol–water partition coefficient (Wildman–Crippen LogP) is 6.82. The van der Waals surface area contributed by atoms with Crippen molar-refractivity contribution in [2.75, 3.05) is 12.3 Å². The van der Waals surface area contributed by atoms with Gasteiger partial charge in [0.25, 0.3) is 0 Å². The highest BCUT2D eigenvalue weighted by molar-refractivity contribution is 7.73. The lowest BCUT2D eigenvalue weighted by Crippen LogP contribution is -2.31. The molecule has 1 fully saturated rings. The molecule has 0 aromatic heterocycles. The van der Waals surface area contributed by atoms with Crippen LogP contribution in [0.15, 0.2) is 48.5 Å². The van der Waals surface area contributed by atoms with Gasteiger partial charge in [-0.3, -0.25) is 0 Å². The minimum atomic E-state index is -0.316. The Morgan fingerprint density at radius 1 is 0.852 bits per heavy atom. The van der Waals surface area contributed by atoms with Crippen molar-refractivity contribution in [1.29, 1.82) is 0 Å². The van der Waals surface area contributed by atoms with E-state index in [0.717, 1.165) is 17.2 Å². The molecule has 0 saturated heterocycles. The lowest BCUT2D eigenvalue weighted by molar-refractivity contribution is 0.546. The van der Waals surface area contributed by atoms with Crippen LogP contribution in [0.25, 0.3) is 0 Å². The van der Waals surface area contributed by atoms with Crippen LogP contribution >= 0.6 is 15.8 Å². The zero-order valence-electron chi connectivity index (χ0n) is 17.8. The minimum absolute atomic E-state index is 0.203. The van der Waals surface area contributed by atoms with Crippen LogP contribution < -0.4 is 10.6 Å². The molecule has 0 heterocycles. The molecule has 2 unspecified atom stereocenters. The van der Waals surface area contributed by atoms with E-state index in [1.165, 1.54) is 42.7 Å². The number of hydrogen-bond donors (Lipinski definition) is 0. The van der Waals surface area contributed by atoms with Crippen molar-refractivity contribution in [3.63, 3.8) is 0 Å². The average Bonchev–Trinajstić information content (AvgIpc) is 3.15. The summed E-state index contributed by atoms with van der Waals surface area (Å²) in [6, 6.07) is 18.3. The summed E-state index contributed by atoms with van der Waals surface area (Å²) >= 11 is 0. The Balaban J connectivity index is 2.03. The molecular weight excluding hydrogens is 362 g/mol. The van der Waals surface area contributed by atoms with E-state index in [4.69, 9.17) is 0 Å². The van der Waals surface area contributed by atoms with Gasteiger partial charge in [0.15, 0.2) is 0 Å². The van der Waals surface area contributed by atoms with Gasteiger partial charge in [-0.05, 0) is 85.9 Å². The quantitative estimate of drug-likeness (QED) is 0.449. The predicted molar refractivity (Wildman–Crippen MR) is 127 cm³/mol. The molecule has 1 saturated carbocycles. The molecule has 3 atom stereocenters. The third-order valence-corrected chi connectivity index (χ3v) is 13.0. The first kappa shape index (κ1) is 21.0. The van der Waals surface area contributed by atoms with Gasteiger partial charge < -0.3 is 0 Å². The van der Waals surface area contributed by atoms with Crippen molar-refractivity contribution in [2.45, 2.75) is 65.2 Å². The summed E-state index contributed by atoms with van der Waals surface area (Å²) in [6.07, 6.45) is 7.19. The average molecular weight is 399 g/mol. The summed E-state index contributed by atoms with van der Waals surface area (Å²) in [4.78, 5) is 0. The van der Waals surface area contributed by atoms with Gasteiger partial charge >= 0.3 is 0 Å². The maximum Gasteiger partial charge on any atom is -0.0123 e. The van der Waals surface area contributed by atoms with E-state index in [9.17, 15) is 0 Å². The van der Waals surface area contributed by atoms with Gasteiger partial charge in [0, 0.05) is 0 Å². The van der Waals surface area contributed by atoms with Crippen LogP contribution in [0.5, 0.6) is 0 Å². The Kier molecular flexibility index (Phi) is 7.53. The Bertz CT molecular complexity index is 689. The zero-order chi connectivity index (χ0) is 19.4. The van der Waals surface area contributed by atoms with Crippen molar-refractivity contribution in [3.8, 4) is 0 Å². The van der Waals surface area contributed by atoms with Gasteiger partial charge in [-0.1, -0.05) is 75.7 Å². The van der Waals surface area contributed by atoms with E-state index in [1.54, 1.807) is 10.6 Å². The number of benzene rings is 2. The van der Waals surface area contributed by atoms with Crippen LogP contribution in [0.4, 0.5) is 0 Å². The van der Waals surface area contributed by atoms with Crippen molar-refractivity contribution < 1.29 is 0 Å². The standard InChI is InChI=1S/C25H36P2/c1-6-26(7-2)25-18-12-15-22(25)21(5)27(23-16-10-8-13-19(23)3)24-17-11-9-14-20(24)4/h8-11,13-14,16-17,21-22,25H,6-7,12,15,18H2,1-5H3/t21-,22?,25?/m1/s1. The summed E-state index contributed by atoms with van der Waals surface area (Å²) in [5, 5.41) is 3.22. The van der Waals surface area contributed by atoms with Gasteiger partial charge in [-0.25, -0.2) is 0 Å². The van der Waals surface area contributed by atoms with Gasteiger partial charge in [0.05, 0.1) is 0 Å². The van der Waals surface area contributed by atoms with Gasteiger partial charge in [0.1, 0.15) is 0 Å². The highest BCUT2D eigenvalue weighted by Crippen LogP contribution is 2.57. The molecule has 1 aliphatic rings. The second-order valence-corrected chi connectivity index (χ2v) is 13.7.